The molecule has 158 valence electrons. The third-order valence-corrected chi connectivity index (χ3v) is 5.71. The van der Waals surface area contributed by atoms with Crippen LogP contribution in [0, 0.1) is 5.82 Å². The van der Waals surface area contributed by atoms with Gasteiger partial charge in [0.1, 0.15) is 10.8 Å². The Morgan fingerprint density at radius 1 is 1.13 bits per heavy atom. The van der Waals surface area contributed by atoms with Gasteiger partial charge in [-0.2, -0.15) is 0 Å². The molecule has 4 rings (SSSR count). The highest BCUT2D eigenvalue weighted by molar-refractivity contribution is 7.13. The highest BCUT2D eigenvalue weighted by atomic mass is 32.1. The van der Waals surface area contributed by atoms with E-state index in [-0.39, 0.29) is 37.0 Å². The van der Waals surface area contributed by atoms with Crippen molar-refractivity contribution in [3.05, 3.63) is 59.7 Å². The molecule has 2 heterocycles. The molecular formula is C22H19FN4O3S. The smallest absolute Gasteiger partial charge is 0.324 e. The number of hydrogen-bond donors (Lipinski definition) is 2. The molecule has 1 saturated heterocycles. The van der Waals surface area contributed by atoms with Gasteiger partial charge in [-0.25, -0.2) is 14.2 Å². The maximum atomic E-state index is 14.1. The summed E-state index contributed by atoms with van der Waals surface area (Å²) in [5.74, 6) is -0.909. The molecule has 0 aliphatic carbocycles. The minimum atomic E-state index is -0.479. The van der Waals surface area contributed by atoms with E-state index in [1.807, 2.05) is 17.5 Å². The van der Waals surface area contributed by atoms with Gasteiger partial charge in [-0.05, 0) is 18.2 Å². The van der Waals surface area contributed by atoms with Gasteiger partial charge in [0.2, 0.25) is 11.8 Å². The van der Waals surface area contributed by atoms with Crippen LogP contribution in [0.3, 0.4) is 0 Å². The van der Waals surface area contributed by atoms with Gasteiger partial charge in [-0.15, -0.1) is 11.3 Å². The first-order chi connectivity index (χ1) is 15.0. The zero-order chi connectivity index (χ0) is 21.8. The number of imide groups is 1. The average Bonchev–Trinajstić information content (AvgIpc) is 3.23. The van der Waals surface area contributed by atoms with Crippen LogP contribution in [0.15, 0.2) is 53.9 Å². The number of benzene rings is 2. The number of anilines is 1. The van der Waals surface area contributed by atoms with Crippen molar-refractivity contribution in [1.29, 1.82) is 0 Å². The molecular weight excluding hydrogens is 419 g/mol. The summed E-state index contributed by atoms with van der Waals surface area (Å²) in [6, 6.07) is 13.2. The second-order valence-corrected chi connectivity index (χ2v) is 7.81. The number of nitrogens with one attached hydrogen (secondary N) is 2. The van der Waals surface area contributed by atoms with Gasteiger partial charge in [0.25, 0.3) is 0 Å². The Morgan fingerprint density at radius 3 is 2.65 bits per heavy atom. The lowest BCUT2D eigenvalue weighted by atomic mass is 10.1. The second kappa shape index (κ2) is 9.05. The van der Waals surface area contributed by atoms with Crippen molar-refractivity contribution in [2.24, 2.45) is 0 Å². The first-order valence-electron chi connectivity index (χ1n) is 9.69. The summed E-state index contributed by atoms with van der Waals surface area (Å²) in [6.45, 7) is 0.507. The Balaban J connectivity index is 1.46. The van der Waals surface area contributed by atoms with Gasteiger partial charge in [0.05, 0.1) is 11.4 Å². The minimum absolute atomic E-state index is 0.0908. The summed E-state index contributed by atoms with van der Waals surface area (Å²) >= 11 is 1.33. The van der Waals surface area contributed by atoms with E-state index < -0.39 is 6.03 Å². The monoisotopic (exact) mass is 438 g/mol. The van der Waals surface area contributed by atoms with Crippen LogP contribution in [0.25, 0.3) is 21.8 Å². The van der Waals surface area contributed by atoms with Crippen molar-refractivity contribution in [2.45, 2.75) is 12.8 Å². The molecule has 0 unspecified atom stereocenters. The van der Waals surface area contributed by atoms with Crippen LogP contribution in [0.4, 0.5) is 14.9 Å². The van der Waals surface area contributed by atoms with E-state index in [4.69, 9.17) is 0 Å². The second-order valence-electron chi connectivity index (χ2n) is 6.95. The Morgan fingerprint density at radius 2 is 1.87 bits per heavy atom. The molecule has 9 heteroatoms. The topological polar surface area (TPSA) is 91.4 Å². The number of thiazole rings is 1. The van der Waals surface area contributed by atoms with E-state index in [0.29, 0.717) is 28.5 Å². The van der Waals surface area contributed by atoms with E-state index in [2.05, 4.69) is 15.6 Å². The minimum Gasteiger partial charge on any atom is -0.325 e. The molecule has 2 N–H and O–H groups in total. The summed E-state index contributed by atoms with van der Waals surface area (Å²) in [5.41, 5.74) is 2.36. The maximum absolute atomic E-state index is 14.1. The summed E-state index contributed by atoms with van der Waals surface area (Å²) < 4.78 is 14.1. The summed E-state index contributed by atoms with van der Waals surface area (Å²) in [6.07, 6.45) is 0.317. The van der Waals surface area contributed by atoms with Gasteiger partial charge in [0.15, 0.2) is 0 Å². The molecule has 0 atom stereocenters. The van der Waals surface area contributed by atoms with Crippen LogP contribution >= 0.6 is 11.3 Å². The number of urea groups is 1. The molecule has 2 aromatic carbocycles. The quantitative estimate of drug-likeness (QED) is 0.611. The number of carbonyl (C=O) groups excluding carboxylic acids is 3. The van der Waals surface area contributed by atoms with Crippen molar-refractivity contribution in [2.75, 3.05) is 18.4 Å². The fourth-order valence-electron chi connectivity index (χ4n) is 3.23. The Hall–Kier alpha value is -3.59. The van der Waals surface area contributed by atoms with E-state index in [1.165, 1.54) is 22.3 Å². The van der Waals surface area contributed by atoms with Gasteiger partial charge < -0.3 is 10.2 Å². The van der Waals surface area contributed by atoms with Crippen molar-refractivity contribution in [3.8, 4) is 21.8 Å². The average molecular weight is 438 g/mol. The molecule has 1 aliphatic heterocycles. The molecule has 3 aromatic rings. The van der Waals surface area contributed by atoms with Crippen molar-refractivity contribution in [1.82, 2.24) is 15.2 Å². The number of nitrogens with zero attached hydrogens (tertiary/aromatic N) is 2. The highest BCUT2D eigenvalue weighted by Crippen LogP contribution is 2.33. The number of rotatable bonds is 6. The molecule has 0 saturated carbocycles. The number of carbonyl (C=O) groups is 3. The van der Waals surface area contributed by atoms with Crippen LogP contribution in [0.5, 0.6) is 0 Å². The van der Waals surface area contributed by atoms with Gasteiger partial charge >= 0.3 is 6.03 Å². The molecule has 31 heavy (non-hydrogen) atoms. The molecule has 1 fully saturated rings. The Kier molecular flexibility index (Phi) is 6.03. The van der Waals surface area contributed by atoms with Crippen LogP contribution in [0.1, 0.15) is 12.8 Å². The fourth-order valence-corrected chi connectivity index (χ4v) is 4.08. The molecule has 0 bridgehead atoms. The first kappa shape index (κ1) is 20.7. The zero-order valence-corrected chi connectivity index (χ0v) is 17.2. The fraction of sp³-hybridized carbons (Fsp3) is 0.182. The Labute approximate surface area is 181 Å². The van der Waals surface area contributed by atoms with Crippen LogP contribution in [-0.2, 0) is 9.59 Å². The lowest BCUT2D eigenvalue weighted by molar-refractivity contribution is -0.121. The number of hydrogen-bond acceptors (Lipinski definition) is 5. The first-order valence-corrected chi connectivity index (χ1v) is 10.6. The summed E-state index contributed by atoms with van der Waals surface area (Å²) in [7, 11) is 0. The van der Waals surface area contributed by atoms with Crippen LogP contribution in [0.2, 0.25) is 0 Å². The molecule has 4 amide bonds. The lowest BCUT2D eigenvalue weighted by Crippen LogP contribution is -2.50. The van der Waals surface area contributed by atoms with Crippen molar-refractivity contribution >= 4 is 34.9 Å². The van der Waals surface area contributed by atoms with E-state index in [9.17, 15) is 18.8 Å². The molecule has 1 aliphatic rings. The van der Waals surface area contributed by atoms with Crippen LogP contribution < -0.4 is 10.6 Å². The standard InChI is InChI=1S/C22H19FN4O3S/c23-16-7-3-1-5-14(16)21-25-18(13-31-21)15-6-2-4-8-17(15)24-19(28)9-11-27-12-10-20(29)26-22(27)30/h1-8,13H,9-12H2,(H,24,28)(H,26,29,30). The number of aromatic nitrogens is 1. The Bertz CT molecular complexity index is 1150. The lowest BCUT2D eigenvalue weighted by Gasteiger charge is -2.26. The largest absolute Gasteiger partial charge is 0.325 e. The van der Waals surface area contributed by atoms with E-state index in [0.717, 1.165) is 5.56 Å². The number of amides is 4. The summed E-state index contributed by atoms with van der Waals surface area (Å²) in [4.78, 5) is 41.5. The van der Waals surface area contributed by atoms with Crippen molar-refractivity contribution in [3.63, 3.8) is 0 Å². The summed E-state index contributed by atoms with van der Waals surface area (Å²) in [5, 5.41) is 7.47. The van der Waals surface area contributed by atoms with Gasteiger partial charge in [0, 0.05) is 42.4 Å². The van der Waals surface area contributed by atoms with Crippen LogP contribution in [-0.4, -0.2) is 40.8 Å². The molecule has 0 radical (unpaired) electrons. The predicted octanol–water partition coefficient (Wildman–Crippen LogP) is 3.89. The maximum Gasteiger partial charge on any atom is 0.324 e. The zero-order valence-electron chi connectivity index (χ0n) is 16.4. The SMILES string of the molecule is O=C1CCN(CCC(=O)Nc2ccccc2-c2csc(-c3ccccc3F)n2)C(=O)N1. The van der Waals surface area contributed by atoms with Crippen molar-refractivity contribution < 1.29 is 18.8 Å². The van der Waals surface area contributed by atoms with E-state index in [1.54, 1.807) is 30.3 Å². The number of para-hydroxylation sites is 1. The van der Waals surface area contributed by atoms with Gasteiger partial charge in [-0.3, -0.25) is 14.9 Å². The highest BCUT2D eigenvalue weighted by Gasteiger charge is 2.23. The molecule has 1 aromatic heterocycles. The normalized spacial score (nSPS) is 13.8. The molecule has 7 nitrogen and oxygen atoms in total. The third-order valence-electron chi connectivity index (χ3n) is 4.84. The third kappa shape index (κ3) is 4.77. The van der Waals surface area contributed by atoms with Gasteiger partial charge in [-0.1, -0.05) is 30.3 Å². The number of halogens is 1. The molecule has 0 spiro atoms. The predicted molar refractivity (Wildman–Crippen MR) is 116 cm³/mol. The van der Waals surface area contributed by atoms with E-state index >= 15 is 0 Å².